The molecule has 6 nitrogen and oxygen atoms in total. The zero-order chi connectivity index (χ0) is 17.2. The van der Waals surface area contributed by atoms with Crippen LogP contribution in [0, 0.1) is 0 Å². The fraction of sp³-hybridized carbons (Fsp3) is 0.294. The first-order chi connectivity index (χ1) is 11.4. The maximum atomic E-state index is 12.2. The van der Waals surface area contributed by atoms with Gasteiger partial charge >= 0.3 is 5.97 Å². The molecular formula is C17H13BrO6. The molecule has 0 bridgehead atoms. The molecule has 24 heavy (non-hydrogen) atoms. The average Bonchev–Trinajstić information content (AvgIpc) is 3.04. The van der Waals surface area contributed by atoms with Crippen LogP contribution in [0.4, 0.5) is 0 Å². The van der Waals surface area contributed by atoms with Crippen LogP contribution in [0.5, 0.6) is 17.2 Å². The topological polar surface area (TPSA) is 82.1 Å². The van der Waals surface area contributed by atoms with E-state index in [0.717, 1.165) is 0 Å². The molecule has 2 heterocycles. The van der Waals surface area contributed by atoms with Crippen LogP contribution >= 0.6 is 15.9 Å². The number of ketones is 1. The average molecular weight is 393 g/mol. The summed E-state index contributed by atoms with van der Waals surface area (Å²) in [5.41, 5.74) is 0.545. The smallest absolute Gasteiger partial charge is 0.310 e. The van der Waals surface area contributed by atoms with E-state index >= 15 is 0 Å². The number of halogens is 1. The number of fused-ring (bicyclic) bond motifs is 5. The largest absolute Gasteiger partial charge is 0.506 e. The van der Waals surface area contributed by atoms with Crippen LogP contribution in [-0.2, 0) is 9.53 Å². The van der Waals surface area contributed by atoms with E-state index in [4.69, 9.17) is 14.2 Å². The van der Waals surface area contributed by atoms with Crippen molar-refractivity contribution >= 4 is 38.5 Å². The molecule has 0 unspecified atom stereocenters. The van der Waals surface area contributed by atoms with Gasteiger partial charge in [-0.2, -0.15) is 0 Å². The van der Waals surface area contributed by atoms with Crippen molar-refractivity contribution in [3.63, 3.8) is 0 Å². The molecule has 124 valence electrons. The van der Waals surface area contributed by atoms with Gasteiger partial charge in [-0.3, -0.25) is 9.59 Å². The van der Waals surface area contributed by atoms with E-state index in [2.05, 4.69) is 15.9 Å². The number of rotatable bonds is 2. The summed E-state index contributed by atoms with van der Waals surface area (Å²) >= 11 is 3.38. The number of ether oxygens (including phenoxy) is 3. The molecule has 1 fully saturated rings. The Hall–Kier alpha value is -2.28. The molecule has 2 aliphatic rings. The predicted molar refractivity (Wildman–Crippen MR) is 87.7 cm³/mol. The first-order valence-electron chi connectivity index (χ1n) is 7.36. The number of Topliss-reactive ketones (excluding diaryl/α,β-unsaturated/α-hetero) is 1. The third-order valence-corrected chi connectivity index (χ3v) is 5.04. The van der Waals surface area contributed by atoms with Gasteiger partial charge in [-0.15, -0.1) is 0 Å². The second kappa shape index (κ2) is 5.11. The summed E-state index contributed by atoms with van der Waals surface area (Å²) in [7, 11) is 1.48. The Bertz CT molecular complexity index is 919. The van der Waals surface area contributed by atoms with Crippen LogP contribution in [0.1, 0.15) is 35.4 Å². The van der Waals surface area contributed by atoms with Gasteiger partial charge in [-0.1, -0.05) is 0 Å². The maximum Gasteiger partial charge on any atom is 0.310 e. The van der Waals surface area contributed by atoms with Gasteiger partial charge in [0, 0.05) is 5.39 Å². The molecule has 0 saturated carbocycles. The maximum absolute atomic E-state index is 12.2. The number of benzene rings is 2. The van der Waals surface area contributed by atoms with E-state index in [1.807, 2.05) is 0 Å². The lowest BCUT2D eigenvalue weighted by molar-refractivity contribution is -0.141. The minimum absolute atomic E-state index is 0.108. The quantitative estimate of drug-likeness (QED) is 0.623. The lowest BCUT2D eigenvalue weighted by Gasteiger charge is -2.17. The Morgan fingerprint density at radius 3 is 2.79 bits per heavy atom. The van der Waals surface area contributed by atoms with Crippen LogP contribution in [0.15, 0.2) is 16.6 Å². The molecule has 7 heteroatoms. The van der Waals surface area contributed by atoms with Crippen molar-refractivity contribution in [3.05, 3.63) is 27.7 Å². The Labute approximate surface area is 145 Å². The summed E-state index contributed by atoms with van der Waals surface area (Å²) in [6.07, 6.45) is -1.03. The third kappa shape index (κ3) is 1.87. The van der Waals surface area contributed by atoms with Gasteiger partial charge in [0.2, 0.25) is 0 Å². The van der Waals surface area contributed by atoms with Crippen molar-refractivity contribution in [3.8, 4) is 17.2 Å². The number of carbonyl (C=O) groups excluding carboxylic acids is 2. The van der Waals surface area contributed by atoms with E-state index in [1.54, 1.807) is 12.1 Å². The van der Waals surface area contributed by atoms with Gasteiger partial charge in [0.25, 0.3) is 0 Å². The molecule has 0 amide bonds. The van der Waals surface area contributed by atoms with E-state index in [-0.39, 0.29) is 29.5 Å². The number of esters is 1. The summed E-state index contributed by atoms with van der Waals surface area (Å²) < 4.78 is 17.3. The standard InChI is InChI=1S/C17H13BrO6/c1-6(19)11-13-15(23-9-5-10(20)24-17(9)13)7-3-4-8(18)16(22-2)12(7)14(11)21/h3-4,9,17,21H,5H2,1-2H3/t9-,17+/m1/s1. The third-order valence-electron chi connectivity index (χ3n) is 4.42. The minimum atomic E-state index is -0.670. The molecule has 0 aliphatic carbocycles. The van der Waals surface area contributed by atoms with Crippen molar-refractivity contribution in [1.82, 2.24) is 0 Å². The van der Waals surface area contributed by atoms with E-state index < -0.39 is 12.2 Å². The zero-order valence-electron chi connectivity index (χ0n) is 12.9. The molecule has 1 saturated heterocycles. The number of hydrogen-bond acceptors (Lipinski definition) is 6. The highest BCUT2D eigenvalue weighted by Crippen LogP contribution is 2.54. The molecule has 2 aromatic rings. The summed E-state index contributed by atoms with van der Waals surface area (Å²) in [6.45, 7) is 1.36. The zero-order valence-corrected chi connectivity index (χ0v) is 14.5. The number of hydrogen-bond donors (Lipinski definition) is 1. The summed E-state index contributed by atoms with van der Waals surface area (Å²) in [6, 6.07) is 3.55. The summed E-state index contributed by atoms with van der Waals surface area (Å²) in [4.78, 5) is 23.8. The monoisotopic (exact) mass is 392 g/mol. The van der Waals surface area contributed by atoms with Gasteiger partial charge < -0.3 is 19.3 Å². The summed E-state index contributed by atoms with van der Waals surface area (Å²) in [5.74, 6) is -0.0335. The van der Waals surface area contributed by atoms with Gasteiger partial charge in [0.1, 0.15) is 17.2 Å². The van der Waals surface area contributed by atoms with Gasteiger partial charge in [-0.05, 0) is 35.0 Å². The molecule has 1 N–H and O–H groups in total. The lowest BCUT2D eigenvalue weighted by Crippen LogP contribution is -2.12. The molecule has 2 aliphatic heterocycles. The van der Waals surface area contributed by atoms with Crippen LogP contribution in [0.3, 0.4) is 0 Å². The number of methoxy groups -OCH3 is 1. The molecular weight excluding hydrogens is 380 g/mol. The second-order valence-corrected chi connectivity index (χ2v) is 6.65. The molecule has 0 aromatic heterocycles. The highest BCUT2D eigenvalue weighted by atomic mass is 79.9. The fourth-order valence-electron chi connectivity index (χ4n) is 3.48. The highest BCUT2D eigenvalue weighted by Gasteiger charge is 2.48. The minimum Gasteiger partial charge on any atom is -0.506 e. The van der Waals surface area contributed by atoms with Crippen molar-refractivity contribution in [2.24, 2.45) is 0 Å². The van der Waals surface area contributed by atoms with Gasteiger partial charge in [0.05, 0.1) is 34.5 Å². The predicted octanol–water partition coefficient (Wildman–Crippen LogP) is 3.27. The van der Waals surface area contributed by atoms with Gasteiger partial charge in [-0.25, -0.2) is 0 Å². The van der Waals surface area contributed by atoms with Crippen molar-refractivity contribution in [2.75, 3.05) is 7.11 Å². The highest BCUT2D eigenvalue weighted by molar-refractivity contribution is 9.10. The van der Waals surface area contributed by atoms with Crippen molar-refractivity contribution < 1.29 is 28.9 Å². The van der Waals surface area contributed by atoms with Crippen LogP contribution in [0.2, 0.25) is 0 Å². The number of aromatic hydroxyl groups is 1. The van der Waals surface area contributed by atoms with Gasteiger partial charge in [0.15, 0.2) is 18.0 Å². The molecule has 2 atom stereocenters. The normalized spacial score (nSPS) is 21.2. The van der Waals surface area contributed by atoms with Crippen LogP contribution in [0.25, 0.3) is 10.8 Å². The Morgan fingerprint density at radius 2 is 2.12 bits per heavy atom. The van der Waals surface area contributed by atoms with E-state index in [0.29, 0.717) is 32.3 Å². The first-order valence-corrected chi connectivity index (χ1v) is 8.15. The fourth-order valence-corrected chi connectivity index (χ4v) is 3.98. The number of phenols is 1. The Morgan fingerprint density at radius 1 is 1.38 bits per heavy atom. The van der Waals surface area contributed by atoms with Crippen LogP contribution in [-0.4, -0.2) is 30.1 Å². The molecule has 2 aromatic carbocycles. The summed E-state index contributed by atoms with van der Waals surface area (Å²) in [5, 5.41) is 11.8. The van der Waals surface area contributed by atoms with E-state index in [1.165, 1.54) is 14.0 Å². The van der Waals surface area contributed by atoms with Crippen molar-refractivity contribution in [2.45, 2.75) is 25.6 Å². The lowest BCUT2D eigenvalue weighted by atomic mass is 9.92. The van der Waals surface area contributed by atoms with Crippen LogP contribution < -0.4 is 9.47 Å². The SMILES string of the molecule is COc1c(Br)ccc2c3c(c(C(C)=O)c(O)c12)[C@H]1OC(=O)C[C@H]1O3. The molecule has 0 spiro atoms. The number of carbonyl (C=O) groups is 2. The second-order valence-electron chi connectivity index (χ2n) is 5.80. The first kappa shape index (κ1) is 15.3. The Kier molecular flexibility index (Phi) is 3.25. The Balaban J connectivity index is 2.13. The molecule has 4 rings (SSSR count). The van der Waals surface area contributed by atoms with Crippen molar-refractivity contribution in [1.29, 1.82) is 0 Å². The molecule has 0 radical (unpaired) electrons. The van der Waals surface area contributed by atoms with E-state index in [9.17, 15) is 14.7 Å². The number of phenolic OH excluding ortho intramolecular Hbond substituents is 1.